The Morgan fingerprint density at radius 3 is 2.72 bits per heavy atom. The van der Waals surface area contributed by atoms with Gasteiger partial charge in [0.25, 0.3) is 0 Å². The molecule has 4 heterocycles. The Kier molecular flexibility index (Phi) is 5.77. The van der Waals surface area contributed by atoms with Gasteiger partial charge in [-0.1, -0.05) is 0 Å². The lowest BCUT2D eigenvalue weighted by molar-refractivity contribution is -0.199. The van der Waals surface area contributed by atoms with E-state index in [0.29, 0.717) is 23.0 Å². The lowest BCUT2D eigenvalue weighted by Gasteiger charge is -2.24. The number of halogens is 3. The number of aliphatic hydroxyl groups is 1. The third kappa shape index (κ3) is 4.12. The summed E-state index contributed by atoms with van der Waals surface area (Å²) in [5, 5.41) is 12.1. The minimum absolute atomic E-state index is 0.166. The van der Waals surface area contributed by atoms with Crippen LogP contribution >= 0.6 is 0 Å². The average Bonchev–Trinajstić information content (AvgIpc) is 3.33. The summed E-state index contributed by atoms with van der Waals surface area (Å²) >= 11 is 0. The Labute approximate surface area is 180 Å². The lowest BCUT2D eigenvalue weighted by Crippen LogP contribution is -2.37. The topological polar surface area (TPSA) is 134 Å². The van der Waals surface area contributed by atoms with Crippen molar-refractivity contribution in [1.29, 1.82) is 0 Å². The maximum Gasteiger partial charge on any atom is 0.471 e. The van der Waals surface area contributed by atoms with Gasteiger partial charge in [0.15, 0.2) is 12.0 Å². The Balaban J connectivity index is 1.59. The highest BCUT2D eigenvalue weighted by Crippen LogP contribution is 2.44. The molecular weight excluding hydrogens is 435 g/mol. The molecule has 4 atom stereocenters. The van der Waals surface area contributed by atoms with Crippen LogP contribution in [0, 0.1) is 0 Å². The van der Waals surface area contributed by atoms with Crippen LogP contribution in [0.3, 0.4) is 0 Å². The van der Waals surface area contributed by atoms with Gasteiger partial charge < -0.3 is 34.9 Å². The summed E-state index contributed by atoms with van der Waals surface area (Å²) in [5.41, 5.74) is 7.21. The zero-order valence-corrected chi connectivity index (χ0v) is 17.4. The third-order valence-corrected chi connectivity index (χ3v) is 5.46. The quantitative estimate of drug-likeness (QED) is 0.546. The number of rotatable bonds is 6. The summed E-state index contributed by atoms with van der Waals surface area (Å²) < 4.78 is 56.7. The monoisotopic (exact) mass is 459 g/mol. The molecule has 2 aliphatic rings. The number of carbonyl (C=O) groups excluding carboxylic acids is 1. The van der Waals surface area contributed by atoms with Gasteiger partial charge in [-0.2, -0.15) is 13.2 Å². The molecule has 32 heavy (non-hydrogen) atoms. The van der Waals surface area contributed by atoms with Crippen molar-refractivity contribution in [3.8, 4) is 0 Å². The maximum atomic E-state index is 12.4. The molecule has 0 unspecified atom stereocenters. The molecule has 10 nitrogen and oxygen atoms in total. The molecule has 2 fully saturated rings. The van der Waals surface area contributed by atoms with E-state index in [4.69, 9.17) is 19.9 Å². The second-order valence-electron chi connectivity index (χ2n) is 8.19. The number of amides is 1. The van der Waals surface area contributed by atoms with Crippen molar-refractivity contribution in [2.75, 3.05) is 18.9 Å². The van der Waals surface area contributed by atoms with Crippen LogP contribution in [0.4, 0.5) is 19.0 Å². The molecule has 2 aliphatic heterocycles. The van der Waals surface area contributed by atoms with Gasteiger partial charge in [0.05, 0.1) is 12.0 Å². The first kappa shape index (κ1) is 22.7. The predicted octanol–water partition coefficient (Wildman–Crippen LogP) is 1.03. The minimum atomic E-state index is -4.93. The number of aromatic nitrogens is 3. The van der Waals surface area contributed by atoms with Gasteiger partial charge >= 0.3 is 12.1 Å². The van der Waals surface area contributed by atoms with E-state index < -0.39 is 42.4 Å². The molecule has 2 aromatic heterocycles. The summed E-state index contributed by atoms with van der Waals surface area (Å²) in [5.74, 6) is -2.63. The van der Waals surface area contributed by atoms with Crippen molar-refractivity contribution < 1.29 is 37.3 Å². The van der Waals surface area contributed by atoms with Crippen molar-refractivity contribution in [3.05, 3.63) is 18.1 Å². The third-order valence-electron chi connectivity index (χ3n) is 5.46. The number of aryl methyl sites for hydroxylation is 1. The highest BCUT2D eigenvalue weighted by molar-refractivity contribution is 5.90. The fourth-order valence-electron chi connectivity index (χ4n) is 4.18. The summed E-state index contributed by atoms with van der Waals surface area (Å²) in [6, 6.07) is 0. The maximum absolute atomic E-state index is 12.4. The van der Waals surface area contributed by atoms with Crippen LogP contribution in [0.25, 0.3) is 11.0 Å². The SMILES string of the molecule is CC1(C)O[C@@H]2[C@H](O1)[C@@H](CO)O[C@H]2n1cc(CCCNC(=O)C(F)(F)F)c2c(N)ncnc21. The van der Waals surface area contributed by atoms with E-state index >= 15 is 0 Å². The van der Waals surface area contributed by atoms with Crippen LogP contribution in [-0.2, 0) is 25.4 Å². The first-order valence-corrected chi connectivity index (χ1v) is 10.1. The number of aliphatic hydroxyl groups excluding tert-OH is 1. The number of fused-ring (bicyclic) bond motifs is 2. The van der Waals surface area contributed by atoms with Gasteiger partial charge in [0.1, 0.15) is 36.1 Å². The van der Waals surface area contributed by atoms with Crippen molar-refractivity contribution in [2.24, 2.45) is 0 Å². The number of ether oxygens (including phenoxy) is 3. The van der Waals surface area contributed by atoms with Crippen molar-refractivity contribution in [3.63, 3.8) is 0 Å². The van der Waals surface area contributed by atoms with Gasteiger partial charge in [-0.25, -0.2) is 9.97 Å². The lowest BCUT2D eigenvalue weighted by atomic mass is 10.1. The summed E-state index contributed by atoms with van der Waals surface area (Å²) in [4.78, 5) is 19.3. The molecule has 4 rings (SSSR count). The number of hydrogen-bond donors (Lipinski definition) is 3. The molecule has 0 aliphatic carbocycles. The fraction of sp³-hybridized carbons (Fsp3) is 0.632. The van der Waals surface area contributed by atoms with Gasteiger partial charge in [0, 0.05) is 12.7 Å². The van der Waals surface area contributed by atoms with E-state index in [1.165, 1.54) is 6.33 Å². The Hall–Kier alpha value is -2.48. The zero-order valence-electron chi connectivity index (χ0n) is 17.4. The van der Waals surface area contributed by atoms with Crippen molar-refractivity contribution in [1.82, 2.24) is 19.9 Å². The molecule has 4 N–H and O–H groups in total. The van der Waals surface area contributed by atoms with Gasteiger partial charge in [0.2, 0.25) is 0 Å². The van der Waals surface area contributed by atoms with E-state index in [-0.39, 0.29) is 25.4 Å². The molecule has 13 heteroatoms. The van der Waals surface area contributed by atoms with Crippen LogP contribution < -0.4 is 11.1 Å². The van der Waals surface area contributed by atoms with Crippen LogP contribution in [-0.4, -0.2) is 69.0 Å². The summed E-state index contributed by atoms with van der Waals surface area (Å²) in [7, 11) is 0. The molecule has 0 saturated carbocycles. The average molecular weight is 459 g/mol. The van der Waals surface area contributed by atoms with E-state index in [0.717, 1.165) is 0 Å². The molecule has 0 aromatic carbocycles. The van der Waals surface area contributed by atoms with Crippen LogP contribution in [0.1, 0.15) is 32.1 Å². The molecule has 2 saturated heterocycles. The molecule has 0 spiro atoms. The highest BCUT2D eigenvalue weighted by atomic mass is 19.4. The first-order valence-electron chi connectivity index (χ1n) is 10.1. The second kappa shape index (κ2) is 8.14. The largest absolute Gasteiger partial charge is 0.471 e. The molecule has 2 aromatic rings. The Morgan fingerprint density at radius 1 is 1.31 bits per heavy atom. The number of nitrogens with zero attached hydrogens (tertiary/aromatic N) is 3. The number of hydrogen-bond acceptors (Lipinski definition) is 8. The zero-order chi connectivity index (χ0) is 23.3. The van der Waals surface area contributed by atoms with E-state index in [1.807, 2.05) is 5.32 Å². The van der Waals surface area contributed by atoms with Crippen molar-refractivity contribution in [2.45, 2.75) is 63.2 Å². The molecule has 0 bridgehead atoms. The molecule has 176 valence electrons. The van der Waals surface area contributed by atoms with Gasteiger partial charge in [-0.05, 0) is 32.3 Å². The number of nitrogen functional groups attached to an aromatic ring is 1. The standard InChI is InChI=1S/C19H24F3N5O5/c1-18(2)31-12-10(7-28)30-16(13(12)32-18)27-6-9(11-14(23)25-8-26-15(11)27)4-3-5-24-17(29)19(20,21)22/h6,8,10,12-13,16,28H,3-5,7H2,1-2H3,(H,24,29)(H2,23,25,26)/t10-,12-,13-,16-/m1/s1. The molecular formula is C19H24F3N5O5. The van der Waals surface area contributed by atoms with Crippen LogP contribution in [0.15, 0.2) is 12.5 Å². The second-order valence-corrected chi connectivity index (χ2v) is 8.19. The smallest absolute Gasteiger partial charge is 0.394 e. The number of anilines is 1. The molecule has 1 amide bonds. The Morgan fingerprint density at radius 2 is 2.03 bits per heavy atom. The normalized spacial score (nSPS) is 27.1. The minimum Gasteiger partial charge on any atom is -0.394 e. The highest BCUT2D eigenvalue weighted by Gasteiger charge is 2.56. The van der Waals surface area contributed by atoms with Crippen LogP contribution in [0.5, 0.6) is 0 Å². The first-order chi connectivity index (χ1) is 15.0. The van der Waals surface area contributed by atoms with Gasteiger partial charge in [-0.15, -0.1) is 0 Å². The number of nitrogens with two attached hydrogens (primary N) is 1. The van der Waals surface area contributed by atoms with E-state index in [2.05, 4.69) is 9.97 Å². The van der Waals surface area contributed by atoms with E-state index in [1.54, 1.807) is 24.6 Å². The predicted molar refractivity (Wildman–Crippen MR) is 104 cm³/mol. The fourth-order valence-corrected chi connectivity index (χ4v) is 4.18. The van der Waals surface area contributed by atoms with Crippen molar-refractivity contribution >= 4 is 22.8 Å². The number of carbonyl (C=O) groups is 1. The van der Waals surface area contributed by atoms with Gasteiger partial charge in [-0.3, -0.25) is 4.79 Å². The van der Waals surface area contributed by atoms with E-state index in [9.17, 15) is 23.1 Å². The summed E-state index contributed by atoms with van der Waals surface area (Å²) in [6.07, 6.45) is -3.63. The molecule has 0 radical (unpaired) electrons. The number of nitrogens with one attached hydrogen (secondary N) is 1. The van der Waals surface area contributed by atoms with Crippen LogP contribution in [0.2, 0.25) is 0 Å². The number of alkyl halides is 3. The Bertz CT molecular complexity index is 1010. The summed E-state index contributed by atoms with van der Waals surface area (Å²) in [6.45, 7) is 3.11.